The topological polar surface area (TPSA) is 24.1 Å². The van der Waals surface area contributed by atoms with Gasteiger partial charge in [0.2, 0.25) is 0 Å². The second-order valence-electron chi connectivity index (χ2n) is 2.67. The second-order valence-corrected chi connectivity index (χ2v) is 2.67. The molecule has 0 unspecified atom stereocenters. The Balaban J connectivity index is 2.11. The van der Waals surface area contributed by atoms with E-state index in [9.17, 15) is 13.2 Å². The minimum Gasteiger partial charge on any atom is -0.313 e. The molecule has 1 saturated heterocycles. The Labute approximate surface area is 63.2 Å². The van der Waals surface area contributed by atoms with E-state index >= 15 is 0 Å². The highest BCUT2D eigenvalue weighted by atomic mass is 19.4. The molecule has 1 fully saturated rings. The molecule has 0 aromatic carbocycles. The predicted molar refractivity (Wildman–Crippen MR) is 35.1 cm³/mol. The number of hydrogen-bond acceptors (Lipinski definition) is 2. The molecule has 1 aliphatic heterocycles. The van der Waals surface area contributed by atoms with Gasteiger partial charge in [0, 0.05) is 12.6 Å². The third-order valence-electron chi connectivity index (χ3n) is 1.71. The van der Waals surface area contributed by atoms with E-state index in [0.717, 1.165) is 19.4 Å². The van der Waals surface area contributed by atoms with Crippen LogP contribution >= 0.6 is 0 Å². The average Bonchev–Trinajstić information content (AvgIpc) is 2.32. The first-order valence-corrected chi connectivity index (χ1v) is 3.63. The summed E-state index contributed by atoms with van der Waals surface area (Å²) in [7, 11) is 0. The first kappa shape index (κ1) is 8.80. The van der Waals surface area contributed by atoms with Crippen LogP contribution in [0.4, 0.5) is 13.2 Å². The third-order valence-corrected chi connectivity index (χ3v) is 1.71. The van der Waals surface area contributed by atoms with Crippen molar-refractivity contribution in [1.82, 2.24) is 10.6 Å². The van der Waals surface area contributed by atoms with Gasteiger partial charge < -0.3 is 5.32 Å². The Morgan fingerprint density at radius 3 is 2.64 bits per heavy atom. The van der Waals surface area contributed by atoms with Gasteiger partial charge in [-0.05, 0) is 19.4 Å². The van der Waals surface area contributed by atoms with Crippen LogP contribution in [0, 0.1) is 0 Å². The van der Waals surface area contributed by atoms with E-state index in [-0.39, 0.29) is 12.6 Å². The molecule has 66 valence electrons. The summed E-state index contributed by atoms with van der Waals surface area (Å²) in [5.41, 5.74) is 0. The standard InChI is InChI=1S/C6H11F3N2/c7-6(8,9)11-4-5-2-1-3-10-5/h5,10-11H,1-4H2/t5-/m1/s1. The Morgan fingerprint density at radius 1 is 1.45 bits per heavy atom. The van der Waals surface area contributed by atoms with Crippen LogP contribution in [0.15, 0.2) is 0 Å². The van der Waals surface area contributed by atoms with E-state index in [1.165, 1.54) is 5.32 Å². The minimum atomic E-state index is -4.23. The van der Waals surface area contributed by atoms with Crippen molar-refractivity contribution in [1.29, 1.82) is 0 Å². The maximum Gasteiger partial charge on any atom is 0.457 e. The monoisotopic (exact) mass is 168 g/mol. The Kier molecular flexibility index (Phi) is 2.72. The lowest BCUT2D eigenvalue weighted by Gasteiger charge is -2.13. The van der Waals surface area contributed by atoms with Gasteiger partial charge in [-0.15, -0.1) is 0 Å². The number of halogens is 3. The molecular weight excluding hydrogens is 157 g/mol. The molecule has 1 rings (SSSR count). The highest BCUT2D eigenvalue weighted by Crippen LogP contribution is 2.11. The molecule has 0 amide bonds. The first-order chi connectivity index (χ1) is 5.08. The van der Waals surface area contributed by atoms with Crippen molar-refractivity contribution in [2.75, 3.05) is 13.1 Å². The average molecular weight is 168 g/mol. The fraction of sp³-hybridized carbons (Fsp3) is 1.00. The fourth-order valence-electron chi connectivity index (χ4n) is 1.17. The van der Waals surface area contributed by atoms with Gasteiger partial charge in [-0.25, -0.2) is 5.32 Å². The van der Waals surface area contributed by atoms with Crippen LogP contribution in [0.5, 0.6) is 0 Å². The van der Waals surface area contributed by atoms with Crippen molar-refractivity contribution in [2.24, 2.45) is 0 Å². The smallest absolute Gasteiger partial charge is 0.313 e. The zero-order chi connectivity index (χ0) is 8.32. The summed E-state index contributed by atoms with van der Waals surface area (Å²) in [5, 5.41) is 4.47. The van der Waals surface area contributed by atoms with E-state index < -0.39 is 6.30 Å². The maximum atomic E-state index is 11.6. The molecule has 1 heterocycles. The van der Waals surface area contributed by atoms with E-state index in [1.54, 1.807) is 0 Å². The molecule has 0 bridgehead atoms. The summed E-state index contributed by atoms with van der Waals surface area (Å²) in [6.45, 7) is 0.827. The third kappa shape index (κ3) is 3.57. The maximum absolute atomic E-state index is 11.6. The van der Waals surface area contributed by atoms with Crippen molar-refractivity contribution in [2.45, 2.75) is 25.2 Å². The van der Waals surface area contributed by atoms with Crippen LogP contribution in [0.25, 0.3) is 0 Å². The molecule has 0 aromatic rings. The SMILES string of the molecule is FC(F)(F)NC[C@H]1CCCN1. The first-order valence-electron chi connectivity index (χ1n) is 3.63. The normalized spacial score (nSPS) is 25.9. The molecule has 0 saturated carbocycles. The van der Waals surface area contributed by atoms with E-state index in [0.29, 0.717) is 0 Å². The van der Waals surface area contributed by atoms with Crippen LogP contribution in [0.2, 0.25) is 0 Å². The number of nitrogens with one attached hydrogen (secondary N) is 2. The largest absolute Gasteiger partial charge is 0.457 e. The van der Waals surface area contributed by atoms with Crippen LogP contribution in [0.3, 0.4) is 0 Å². The predicted octanol–water partition coefficient (Wildman–Crippen LogP) is 0.848. The Bertz CT molecular complexity index is 117. The van der Waals surface area contributed by atoms with Crippen molar-refractivity contribution in [3.63, 3.8) is 0 Å². The van der Waals surface area contributed by atoms with E-state index in [1.807, 2.05) is 0 Å². The molecule has 1 aliphatic rings. The summed E-state index contributed by atoms with van der Waals surface area (Å²) < 4.78 is 34.7. The lowest BCUT2D eigenvalue weighted by Crippen LogP contribution is -2.41. The van der Waals surface area contributed by atoms with E-state index in [4.69, 9.17) is 0 Å². The van der Waals surface area contributed by atoms with Crippen molar-refractivity contribution < 1.29 is 13.2 Å². The summed E-state index contributed by atoms with van der Waals surface area (Å²) in [6.07, 6.45) is -2.42. The van der Waals surface area contributed by atoms with Gasteiger partial charge >= 0.3 is 6.30 Å². The summed E-state index contributed by atoms with van der Waals surface area (Å²) in [6, 6.07) is -0.00313. The molecule has 2 nitrogen and oxygen atoms in total. The minimum absolute atomic E-state index is 0.00313. The second kappa shape index (κ2) is 3.40. The Morgan fingerprint density at radius 2 is 2.18 bits per heavy atom. The Hall–Kier alpha value is -0.290. The van der Waals surface area contributed by atoms with Crippen molar-refractivity contribution in [3.8, 4) is 0 Å². The molecule has 1 atom stereocenters. The van der Waals surface area contributed by atoms with Gasteiger partial charge in [-0.3, -0.25) is 0 Å². The van der Waals surface area contributed by atoms with Gasteiger partial charge in [-0.2, -0.15) is 13.2 Å². The zero-order valence-electron chi connectivity index (χ0n) is 6.04. The number of rotatable bonds is 2. The fourth-order valence-corrected chi connectivity index (χ4v) is 1.17. The van der Waals surface area contributed by atoms with Gasteiger partial charge in [-0.1, -0.05) is 0 Å². The molecule has 11 heavy (non-hydrogen) atoms. The summed E-state index contributed by atoms with van der Waals surface area (Å²) in [5.74, 6) is 0. The molecule has 0 spiro atoms. The lowest BCUT2D eigenvalue weighted by atomic mass is 10.2. The molecule has 0 aromatic heterocycles. The number of alkyl halides is 3. The lowest BCUT2D eigenvalue weighted by molar-refractivity contribution is -0.157. The van der Waals surface area contributed by atoms with Crippen LogP contribution in [0.1, 0.15) is 12.8 Å². The van der Waals surface area contributed by atoms with Crippen molar-refractivity contribution in [3.05, 3.63) is 0 Å². The molecular formula is C6H11F3N2. The van der Waals surface area contributed by atoms with Gasteiger partial charge in [0.05, 0.1) is 0 Å². The summed E-state index contributed by atoms with van der Waals surface area (Å²) in [4.78, 5) is 0. The van der Waals surface area contributed by atoms with Crippen LogP contribution < -0.4 is 10.6 Å². The molecule has 2 N–H and O–H groups in total. The highest BCUT2D eigenvalue weighted by Gasteiger charge is 2.28. The number of hydrogen-bond donors (Lipinski definition) is 2. The molecule has 0 aliphatic carbocycles. The molecule has 0 radical (unpaired) electrons. The van der Waals surface area contributed by atoms with Crippen LogP contribution in [-0.2, 0) is 0 Å². The van der Waals surface area contributed by atoms with Gasteiger partial charge in [0.15, 0.2) is 0 Å². The van der Waals surface area contributed by atoms with Crippen LogP contribution in [-0.4, -0.2) is 25.4 Å². The van der Waals surface area contributed by atoms with Gasteiger partial charge in [0.25, 0.3) is 0 Å². The van der Waals surface area contributed by atoms with Crippen molar-refractivity contribution >= 4 is 0 Å². The quantitative estimate of drug-likeness (QED) is 0.597. The zero-order valence-corrected chi connectivity index (χ0v) is 6.04. The summed E-state index contributed by atoms with van der Waals surface area (Å²) >= 11 is 0. The molecule has 5 heteroatoms. The van der Waals surface area contributed by atoms with Gasteiger partial charge in [0.1, 0.15) is 0 Å². The van der Waals surface area contributed by atoms with E-state index in [2.05, 4.69) is 5.32 Å². The highest BCUT2D eigenvalue weighted by molar-refractivity contribution is 4.76.